The van der Waals surface area contributed by atoms with Crippen LogP contribution >= 0.6 is 0 Å². The maximum Gasteiger partial charge on any atom is 0.123 e. The van der Waals surface area contributed by atoms with E-state index in [1.165, 1.54) is 30.4 Å². The van der Waals surface area contributed by atoms with Crippen LogP contribution in [-0.2, 0) is 6.42 Å². The van der Waals surface area contributed by atoms with Gasteiger partial charge in [-0.05, 0) is 90.5 Å². The molecule has 0 spiro atoms. The monoisotopic (exact) mass is 348 g/mol. The molecule has 0 bridgehead atoms. The summed E-state index contributed by atoms with van der Waals surface area (Å²) in [7, 11) is 0. The lowest BCUT2D eigenvalue weighted by Crippen LogP contribution is -2.39. The molecule has 136 valence electrons. The molecule has 2 heteroatoms. The van der Waals surface area contributed by atoms with Gasteiger partial charge in [-0.3, -0.25) is 0 Å². The minimum absolute atomic E-state index is 0.107. The summed E-state index contributed by atoms with van der Waals surface area (Å²) in [5.41, 5.74) is 5.18. The highest BCUT2D eigenvalue weighted by atomic mass is 16.3. The maximum absolute atomic E-state index is 10.6. The summed E-state index contributed by atoms with van der Waals surface area (Å²) < 4.78 is 0. The van der Waals surface area contributed by atoms with E-state index in [0.29, 0.717) is 28.9 Å². The molecule has 0 saturated heterocycles. The molecule has 5 atom stereocenters. The van der Waals surface area contributed by atoms with E-state index in [1.54, 1.807) is 0 Å². The van der Waals surface area contributed by atoms with E-state index >= 15 is 0 Å². The van der Waals surface area contributed by atoms with Gasteiger partial charge in [0.05, 0.1) is 6.10 Å². The Bertz CT molecular complexity index is 828. The Labute approximate surface area is 155 Å². The van der Waals surface area contributed by atoms with Crippen LogP contribution in [0, 0.1) is 17.3 Å². The van der Waals surface area contributed by atoms with Gasteiger partial charge in [-0.25, -0.2) is 0 Å². The number of fused-ring (bicyclic) bond motifs is 5. The van der Waals surface area contributed by atoms with Gasteiger partial charge in [0.25, 0.3) is 0 Å². The van der Waals surface area contributed by atoms with Gasteiger partial charge in [-0.2, -0.15) is 0 Å². The number of benzene rings is 2. The molecule has 5 rings (SSSR count). The van der Waals surface area contributed by atoms with Crippen molar-refractivity contribution in [2.75, 3.05) is 0 Å². The van der Waals surface area contributed by atoms with Gasteiger partial charge in [0.1, 0.15) is 5.75 Å². The summed E-state index contributed by atoms with van der Waals surface area (Å²) in [5, 5.41) is 20.9. The van der Waals surface area contributed by atoms with E-state index in [4.69, 9.17) is 0 Å². The average molecular weight is 348 g/mol. The van der Waals surface area contributed by atoms with Gasteiger partial charge >= 0.3 is 0 Å². The molecule has 2 aromatic rings. The predicted octanol–water partition coefficient (Wildman–Crippen LogP) is 5.28. The Kier molecular flexibility index (Phi) is 3.69. The first-order valence-electron chi connectivity index (χ1n) is 10.1. The zero-order valence-electron chi connectivity index (χ0n) is 15.5. The Balaban J connectivity index is 1.56. The number of phenolic OH excluding ortho intramolecular Hbond substituents is 1. The summed E-state index contributed by atoms with van der Waals surface area (Å²) in [6, 6.07) is 14.5. The lowest BCUT2D eigenvalue weighted by molar-refractivity contribution is 0.0596. The molecule has 2 fully saturated rings. The van der Waals surface area contributed by atoms with Crippen LogP contribution in [0.2, 0.25) is 0 Å². The standard InChI is InChI=1S/C24H28O2/c1-24-10-9-18-19(22(24)12-17(25)14-24)8-7-16-11-23(26)21(13-20(16)18)15-5-3-2-4-6-15/h2-6,11,13,17-19,22,25-26H,7-10,12,14H2,1H3/t17-,18-,19+,22-,24+/m0/s1. The van der Waals surface area contributed by atoms with Crippen molar-refractivity contribution in [3.8, 4) is 16.9 Å². The summed E-state index contributed by atoms with van der Waals surface area (Å²) in [4.78, 5) is 0. The van der Waals surface area contributed by atoms with Gasteiger partial charge in [-0.1, -0.05) is 37.3 Å². The fourth-order valence-electron chi connectivity index (χ4n) is 6.48. The highest BCUT2D eigenvalue weighted by molar-refractivity contribution is 5.72. The lowest BCUT2D eigenvalue weighted by Gasteiger charge is -2.49. The quantitative estimate of drug-likeness (QED) is 0.736. The largest absolute Gasteiger partial charge is 0.507 e. The number of hydrogen-bond donors (Lipinski definition) is 2. The summed E-state index contributed by atoms with van der Waals surface area (Å²) >= 11 is 0. The van der Waals surface area contributed by atoms with E-state index in [1.807, 2.05) is 24.3 Å². The van der Waals surface area contributed by atoms with Crippen molar-refractivity contribution < 1.29 is 10.2 Å². The van der Waals surface area contributed by atoms with E-state index in [9.17, 15) is 10.2 Å². The Morgan fingerprint density at radius 3 is 2.69 bits per heavy atom. The highest BCUT2D eigenvalue weighted by Gasteiger charge is 2.52. The summed E-state index contributed by atoms with van der Waals surface area (Å²) in [6.07, 6.45) is 6.56. The van der Waals surface area contributed by atoms with Gasteiger partial charge in [-0.15, -0.1) is 0 Å². The first-order chi connectivity index (χ1) is 12.5. The number of aliphatic hydroxyl groups excluding tert-OH is 1. The van der Waals surface area contributed by atoms with E-state index in [0.717, 1.165) is 30.4 Å². The van der Waals surface area contributed by atoms with Gasteiger partial charge in [0.15, 0.2) is 0 Å². The Morgan fingerprint density at radius 2 is 1.88 bits per heavy atom. The molecule has 2 aromatic carbocycles. The fraction of sp³-hybridized carbons (Fsp3) is 0.500. The van der Waals surface area contributed by atoms with Gasteiger partial charge in [0, 0.05) is 5.56 Å². The highest BCUT2D eigenvalue weighted by Crippen LogP contribution is 2.61. The van der Waals surface area contributed by atoms with Crippen molar-refractivity contribution in [2.45, 2.75) is 57.5 Å². The molecular weight excluding hydrogens is 320 g/mol. The molecule has 0 amide bonds. The maximum atomic E-state index is 10.6. The van der Waals surface area contributed by atoms with Crippen molar-refractivity contribution in [1.29, 1.82) is 0 Å². The number of aryl methyl sites for hydroxylation is 1. The summed E-state index contributed by atoms with van der Waals surface area (Å²) in [5.74, 6) is 2.33. The molecule has 3 aliphatic rings. The molecule has 0 aromatic heterocycles. The smallest absolute Gasteiger partial charge is 0.123 e. The molecule has 2 N–H and O–H groups in total. The molecule has 3 aliphatic carbocycles. The van der Waals surface area contributed by atoms with E-state index in [-0.39, 0.29) is 6.10 Å². The fourth-order valence-corrected chi connectivity index (χ4v) is 6.48. The molecule has 0 unspecified atom stereocenters. The molecular formula is C24H28O2. The predicted molar refractivity (Wildman–Crippen MR) is 104 cm³/mol. The molecule has 0 radical (unpaired) electrons. The number of hydrogen-bond acceptors (Lipinski definition) is 2. The summed E-state index contributed by atoms with van der Waals surface area (Å²) in [6.45, 7) is 2.41. The number of aliphatic hydroxyl groups is 1. The topological polar surface area (TPSA) is 40.5 Å². The van der Waals surface area contributed by atoms with Gasteiger partial charge in [0.2, 0.25) is 0 Å². The van der Waals surface area contributed by atoms with Gasteiger partial charge < -0.3 is 10.2 Å². The second-order valence-electron chi connectivity index (χ2n) is 9.14. The second kappa shape index (κ2) is 5.85. The van der Waals surface area contributed by atoms with Crippen molar-refractivity contribution in [1.82, 2.24) is 0 Å². The Hall–Kier alpha value is -1.80. The normalized spacial score (nSPS) is 35.5. The molecule has 26 heavy (non-hydrogen) atoms. The van der Waals surface area contributed by atoms with Crippen LogP contribution in [-0.4, -0.2) is 16.3 Å². The molecule has 0 heterocycles. The molecule has 2 nitrogen and oxygen atoms in total. The van der Waals surface area contributed by atoms with Crippen LogP contribution in [0.3, 0.4) is 0 Å². The zero-order valence-corrected chi connectivity index (χ0v) is 15.5. The number of rotatable bonds is 1. The number of aromatic hydroxyl groups is 1. The van der Waals surface area contributed by atoms with Crippen LogP contribution in [0.4, 0.5) is 0 Å². The van der Waals surface area contributed by atoms with Crippen molar-refractivity contribution in [3.05, 3.63) is 53.6 Å². The third kappa shape index (κ3) is 2.42. The first kappa shape index (κ1) is 16.4. The van der Waals surface area contributed by atoms with Crippen LogP contribution in [0.1, 0.15) is 56.1 Å². The Morgan fingerprint density at radius 1 is 1.08 bits per heavy atom. The van der Waals surface area contributed by atoms with E-state index in [2.05, 4.69) is 25.1 Å². The van der Waals surface area contributed by atoms with E-state index < -0.39 is 0 Å². The number of phenols is 1. The van der Waals surface area contributed by atoms with Crippen LogP contribution in [0.25, 0.3) is 11.1 Å². The lowest BCUT2D eigenvalue weighted by atomic mass is 9.56. The van der Waals surface area contributed by atoms with Crippen molar-refractivity contribution in [2.24, 2.45) is 17.3 Å². The molecule has 2 saturated carbocycles. The average Bonchev–Trinajstić information content (AvgIpc) is 2.95. The van der Waals surface area contributed by atoms with Crippen LogP contribution in [0.5, 0.6) is 5.75 Å². The first-order valence-corrected chi connectivity index (χ1v) is 10.1. The third-order valence-electron chi connectivity index (χ3n) is 7.67. The van der Waals surface area contributed by atoms with Crippen LogP contribution in [0.15, 0.2) is 42.5 Å². The SMILES string of the molecule is C[C@]12CC[C@@H]3c4cc(-c5ccccc5)c(O)cc4CC[C@H]3[C@@H]1C[C@H](O)C2. The third-order valence-corrected chi connectivity index (χ3v) is 7.67. The minimum atomic E-state index is -0.107. The van der Waals surface area contributed by atoms with Crippen LogP contribution < -0.4 is 0 Å². The second-order valence-corrected chi connectivity index (χ2v) is 9.14. The van der Waals surface area contributed by atoms with Crippen molar-refractivity contribution in [3.63, 3.8) is 0 Å². The minimum Gasteiger partial charge on any atom is -0.507 e. The molecule has 0 aliphatic heterocycles. The van der Waals surface area contributed by atoms with Crippen molar-refractivity contribution >= 4 is 0 Å². The zero-order chi connectivity index (χ0) is 17.9.